The topological polar surface area (TPSA) is 125 Å². The second kappa shape index (κ2) is 14.5. The molecular formula is C33H41I2N7O3. The van der Waals surface area contributed by atoms with E-state index in [4.69, 9.17) is 9.73 Å². The van der Waals surface area contributed by atoms with Crippen LogP contribution in [0.2, 0.25) is 0 Å². The van der Waals surface area contributed by atoms with E-state index in [0.717, 1.165) is 45.7 Å². The van der Waals surface area contributed by atoms with Gasteiger partial charge in [0.15, 0.2) is 5.82 Å². The van der Waals surface area contributed by atoms with Crippen molar-refractivity contribution in [3.63, 3.8) is 0 Å². The fraction of sp³-hybridized carbons (Fsp3) is 0.515. The third-order valence-electron chi connectivity index (χ3n) is 9.10. The van der Waals surface area contributed by atoms with Gasteiger partial charge in [0, 0.05) is 33.7 Å². The van der Waals surface area contributed by atoms with Crippen LogP contribution < -0.4 is 5.32 Å². The molecule has 5 rings (SSSR count). The number of nitrogens with one attached hydrogen (secondary N) is 2. The van der Waals surface area contributed by atoms with Crippen molar-refractivity contribution in [2.45, 2.75) is 80.0 Å². The molecule has 240 valence electrons. The summed E-state index contributed by atoms with van der Waals surface area (Å²) in [6, 6.07) is 13.7. The van der Waals surface area contributed by atoms with Crippen molar-refractivity contribution in [2.24, 2.45) is 16.3 Å². The van der Waals surface area contributed by atoms with Crippen LogP contribution in [0.5, 0.6) is 0 Å². The van der Waals surface area contributed by atoms with Gasteiger partial charge in [-0.05, 0) is 84.4 Å². The van der Waals surface area contributed by atoms with Crippen molar-refractivity contribution in [1.29, 1.82) is 0 Å². The highest BCUT2D eigenvalue weighted by Gasteiger charge is 2.52. The SMILES string of the molecule is COCC[C@H](c1ccc(C(=O)NCc2nn[nH]n2)cc1)N1C(=O)C(c2cc(CI)cc(CI)c2)=NC12CCC(C(C)(C)C)CC2. The van der Waals surface area contributed by atoms with Crippen molar-refractivity contribution in [1.82, 2.24) is 30.8 Å². The van der Waals surface area contributed by atoms with E-state index in [1.165, 1.54) is 11.1 Å². The zero-order chi connectivity index (χ0) is 32.2. The molecule has 1 aromatic heterocycles. The number of rotatable bonds is 11. The average Bonchev–Trinajstić information content (AvgIpc) is 3.66. The summed E-state index contributed by atoms with van der Waals surface area (Å²) in [4.78, 5) is 35.0. The number of hydrogen-bond donors (Lipinski definition) is 2. The second-order valence-electron chi connectivity index (χ2n) is 13.0. The number of alkyl halides is 2. The molecule has 2 aromatic carbocycles. The van der Waals surface area contributed by atoms with Crippen molar-refractivity contribution in [3.8, 4) is 0 Å². The van der Waals surface area contributed by atoms with E-state index in [1.807, 2.05) is 24.3 Å². The van der Waals surface area contributed by atoms with E-state index >= 15 is 0 Å². The molecule has 0 saturated heterocycles. The number of aromatic amines is 1. The number of aliphatic imine (C=N–C) groups is 1. The van der Waals surface area contributed by atoms with Crippen LogP contribution in [0.1, 0.15) is 97.4 Å². The maximum atomic E-state index is 14.7. The van der Waals surface area contributed by atoms with Crippen LogP contribution in [0.4, 0.5) is 0 Å². The molecule has 1 spiro atoms. The fourth-order valence-corrected chi connectivity index (χ4v) is 7.52. The molecule has 1 aliphatic heterocycles. The lowest BCUT2D eigenvalue weighted by Crippen LogP contribution is -2.51. The molecular weight excluding hydrogens is 796 g/mol. The Balaban J connectivity index is 1.50. The number of tetrazole rings is 1. The predicted octanol–water partition coefficient (Wildman–Crippen LogP) is 6.34. The number of hydrogen-bond acceptors (Lipinski definition) is 7. The van der Waals surface area contributed by atoms with Crippen molar-refractivity contribution < 1.29 is 14.3 Å². The highest BCUT2D eigenvalue weighted by molar-refractivity contribution is 14.1. The maximum Gasteiger partial charge on any atom is 0.275 e. The third kappa shape index (κ3) is 7.58. The summed E-state index contributed by atoms with van der Waals surface area (Å²) >= 11 is 4.76. The van der Waals surface area contributed by atoms with Gasteiger partial charge in [-0.15, -0.1) is 10.2 Å². The first-order valence-electron chi connectivity index (χ1n) is 15.4. The van der Waals surface area contributed by atoms with Gasteiger partial charge < -0.3 is 15.0 Å². The van der Waals surface area contributed by atoms with Crippen molar-refractivity contribution in [3.05, 3.63) is 76.1 Å². The fourth-order valence-electron chi connectivity index (χ4n) is 6.63. The summed E-state index contributed by atoms with van der Waals surface area (Å²) in [6.07, 6.45) is 4.26. The smallest absolute Gasteiger partial charge is 0.275 e. The van der Waals surface area contributed by atoms with Gasteiger partial charge in [0.1, 0.15) is 11.4 Å². The van der Waals surface area contributed by atoms with E-state index in [2.05, 4.69) is 115 Å². The molecule has 0 unspecified atom stereocenters. The van der Waals surface area contributed by atoms with Gasteiger partial charge in [-0.25, -0.2) is 0 Å². The molecule has 2 N–H and O–H groups in total. The Labute approximate surface area is 292 Å². The van der Waals surface area contributed by atoms with Gasteiger partial charge in [-0.2, -0.15) is 5.21 Å². The monoisotopic (exact) mass is 837 g/mol. The number of carbonyl (C=O) groups is 2. The molecule has 1 fully saturated rings. The zero-order valence-corrected chi connectivity index (χ0v) is 30.6. The lowest BCUT2D eigenvalue weighted by Gasteiger charge is -2.47. The van der Waals surface area contributed by atoms with Crippen molar-refractivity contribution >= 4 is 62.7 Å². The minimum atomic E-state index is -0.627. The molecule has 45 heavy (non-hydrogen) atoms. The minimum absolute atomic E-state index is 0.0303. The first-order chi connectivity index (χ1) is 21.6. The molecule has 1 aliphatic carbocycles. The highest BCUT2D eigenvalue weighted by atomic mass is 127. The Bertz CT molecular complexity index is 1490. The summed E-state index contributed by atoms with van der Waals surface area (Å²) in [5, 5.41) is 16.5. The molecule has 3 aromatic rings. The van der Waals surface area contributed by atoms with Crippen LogP contribution in [0, 0.1) is 11.3 Å². The number of nitrogens with zero attached hydrogens (tertiary/aromatic N) is 5. The molecule has 1 atom stereocenters. The van der Waals surface area contributed by atoms with Crippen LogP contribution in [0.15, 0.2) is 47.5 Å². The molecule has 0 radical (unpaired) electrons. The minimum Gasteiger partial charge on any atom is -0.385 e. The molecule has 2 heterocycles. The Morgan fingerprint density at radius 2 is 1.78 bits per heavy atom. The molecule has 12 heteroatoms. The molecule has 1 saturated carbocycles. The van der Waals surface area contributed by atoms with E-state index in [9.17, 15) is 9.59 Å². The zero-order valence-electron chi connectivity index (χ0n) is 26.3. The Hall–Kier alpha value is -2.46. The summed E-state index contributed by atoms with van der Waals surface area (Å²) in [5.74, 6) is 0.706. The normalized spacial score (nSPS) is 20.8. The Morgan fingerprint density at radius 1 is 1.11 bits per heavy atom. The molecule has 2 amide bonds. The molecule has 0 bridgehead atoms. The van der Waals surface area contributed by atoms with E-state index < -0.39 is 5.66 Å². The highest BCUT2D eigenvalue weighted by Crippen LogP contribution is 2.49. The summed E-state index contributed by atoms with van der Waals surface area (Å²) in [6.45, 7) is 7.59. The molecule has 10 nitrogen and oxygen atoms in total. The van der Waals surface area contributed by atoms with Crippen LogP contribution in [0.25, 0.3) is 0 Å². The van der Waals surface area contributed by atoms with Gasteiger partial charge in [0.2, 0.25) is 0 Å². The van der Waals surface area contributed by atoms with E-state index in [0.29, 0.717) is 36.0 Å². The number of methoxy groups -OCH3 is 1. The number of carbonyl (C=O) groups excluding carboxylic acids is 2. The van der Waals surface area contributed by atoms with Crippen LogP contribution >= 0.6 is 45.2 Å². The van der Waals surface area contributed by atoms with E-state index in [-0.39, 0.29) is 29.8 Å². The summed E-state index contributed by atoms with van der Waals surface area (Å²) in [5.41, 5.74) is 4.89. The number of amides is 2. The first-order valence-corrected chi connectivity index (χ1v) is 18.4. The predicted molar refractivity (Wildman–Crippen MR) is 190 cm³/mol. The maximum absolute atomic E-state index is 14.7. The Kier molecular flexibility index (Phi) is 10.9. The van der Waals surface area contributed by atoms with Gasteiger partial charge in [-0.3, -0.25) is 14.6 Å². The van der Waals surface area contributed by atoms with Crippen LogP contribution in [0.3, 0.4) is 0 Å². The summed E-state index contributed by atoms with van der Waals surface area (Å²) in [7, 11) is 1.69. The first kappa shape index (κ1) is 33.9. The number of H-pyrrole nitrogens is 1. The number of halogens is 2. The summed E-state index contributed by atoms with van der Waals surface area (Å²) < 4.78 is 7.30. The third-order valence-corrected chi connectivity index (χ3v) is 10.9. The van der Waals surface area contributed by atoms with Gasteiger partial charge in [0.25, 0.3) is 11.8 Å². The van der Waals surface area contributed by atoms with Gasteiger partial charge in [-0.1, -0.05) is 89.4 Å². The van der Waals surface area contributed by atoms with Gasteiger partial charge >= 0.3 is 0 Å². The number of ether oxygens (including phenoxy) is 1. The lowest BCUT2D eigenvalue weighted by molar-refractivity contribution is -0.134. The molecule has 2 aliphatic rings. The average molecular weight is 838 g/mol. The number of benzene rings is 2. The number of aromatic nitrogens is 4. The quantitative estimate of drug-likeness (QED) is 0.172. The second-order valence-corrected chi connectivity index (χ2v) is 14.5. The van der Waals surface area contributed by atoms with Crippen LogP contribution in [-0.2, 0) is 24.9 Å². The van der Waals surface area contributed by atoms with Gasteiger partial charge in [0.05, 0.1) is 12.6 Å². The van der Waals surface area contributed by atoms with Crippen LogP contribution in [-0.4, -0.2) is 62.4 Å². The van der Waals surface area contributed by atoms with E-state index in [1.54, 1.807) is 7.11 Å². The largest absolute Gasteiger partial charge is 0.385 e. The standard InChI is InChI=1S/C33H41I2N7O3/c1-32(2,3)26-9-12-33(13-10-26)37-29(25-16-21(18-34)15-22(17-25)19-35)31(44)42(33)27(11-14-45-4)23-5-7-24(8-6-23)30(43)36-20-28-38-40-41-39-28/h5-8,15-17,26-27H,9-14,18-20H2,1-4H3,(H,36,43)(H,38,39,40,41)/t26?,27-,33?/m1/s1. The lowest BCUT2D eigenvalue weighted by atomic mass is 9.69. The van der Waals surface area contributed by atoms with Crippen molar-refractivity contribution in [2.75, 3.05) is 13.7 Å². The Morgan fingerprint density at radius 3 is 2.33 bits per heavy atom.